The fourth-order valence-electron chi connectivity index (χ4n) is 5.55. The van der Waals surface area contributed by atoms with Crippen LogP contribution in [-0.4, -0.2) is 61.0 Å². The number of aliphatic hydroxyl groups excluding tert-OH is 1. The molecule has 5 nitrogen and oxygen atoms in total. The fraction of sp³-hybridized carbons (Fsp3) is 0.409. The minimum absolute atomic E-state index is 0.0900. The molecule has 0 spiro atoms. The molecule has 1 aliphatic carbocycles. The first kappa shape index (κ1) is 18.5. The number of fused-ring (bicyclic) bond motifs is 4. The normalized spacial score (nSPS) is 30.4. The van der Waals surface area contributed by atoms with Crippen LogP contribution in [0.3, 0.4) is 0 Å². The van der Waals surface area contributed by atoms with Crippen LogP contribution < -0.4 is 0 Å². The van der Waals surface area contributed by atoms with E-state index in [9.17, 15) is 9.90 Å². The number of ether oxygens (including phenoxy) is 2. The molecule has 0 saturated carbocycles. The number of aliphatic hydroxyl groups is 1. The van der Waals surface area contributed by atoms with Gasteiger partial charge in [0.15, 0.2) is 0 Å². The summed E-state index contributed by atoms with van der Waals surface area (Å²) in [6, 6.07) is 14.2. The van der Waals surface area contributed by atoms with Crippen LogP contribution in [0.25, 0.3) is 11.1 Å². The summed E-state index contributed by atoms with van der Waals surface area (Å²) < 4.78 is 40.6. The number of benzene rings is 2. The van der Waals surface area contributed by atoms with Gasteiger partial charge in [-0.25, -0.2) is 13.6 Å². The van der Waals surface area contributed by atoms with E-state index in [0.29, 0.717) is 0 Å². The second-order valence-corrected chi connectivity index (χ2v) is 7.93. The Hall–Kier alpha value is -2.51. The largest absolute Gasteiger partial charge is 0.453 e. The Kier molecular flexibility index (Phi) is 4.15. The molecule has 3 aliphatic rings. The number of likely N-dealkylation sites (tertiary alicyclic amines) is 1. The number of halogens is 2. The average molecular weight is 401 g/mol. The van der Waals surface area contributed by atoms with Crippen LogP contribution in [0.4, 0.5) is 13.6 Å². The molecule has 1 N–H and O–H groups in total. The van der Waals surface area contributed by atoms with E-state index >= 15 is 8.78 Å². The maximum atomic E-state index is 15.0. The summed E-state index contributed by atoms with van der Waals surface area (Å²) in [6.07, 6.45) is -5.54. The Bertz CT molecular complexity index is 922. The highest BCUT2D eigenvalue weighted by Gasteiger charge is 2.68. The lowest BCUT2D eigenvalue weighted by molar-refractivity contribution is -0.0884. The van der Waals surface area contributed by atoms with Gasteiger partial charge in [0.2, 0.25) is 6.43 Å². The van der Waals surface area contributed by atoms with Gasteiger partial charge >= 0.3 is 6.09 Å². The van der Waals surface area contributed by atoms with Crippen molar-refractivity contribution in [2.75, 3.05) is 20.3 Å². The molecular formula is C22H21F2NO4. The predicted octanol–water partition coefficient (Wildman–Crippen LogP) is 3.26. The number of alkyl halides is 2. The van der Waals surface area contributed by atoms with Crippen molar-refractivity contribution in [1.29, 1.82) is 0 Å². The zero-order chi connectivity index (χ0) is 20.3. The first-order valence-electron chi connectivity index (χ1n) is 9.61. The van der Waals surface area contributed by atoms with Crippen molar-refractivity contribution in [1.82, 2.24) is 4.90 Å². The van der Waals surface area contributed by atoms with Crippen molar-refractivity contribution in [2.45, 2.75) is 30.6 Å². The number of nitrogens with zero attached hydrogens (tertiary/aromatic N) is 1. The quantitative estimate of drug-likeness (QED) is 0.839. The standard InChI is InChI=1S/C22H21F2NO4/c1-28-21(27)25-11-22(20(23)24,19-18(25)16(26)10-29-19)17-14-8-4-2-6-12(14)13-7-3-5-9-15(13)17/h2-9,16-20,26H,10-11H2,1H3/t16-,18+,19-,22+/m0/s1. The average Bonchev–Trinajstić information content (AvgIpc) is 3.38. The van der Waals surface area contributed by atoms with Gasteiger partial charge in [0.05, 0.1) is 31.3 Å². The lowest BCUT2D eigenvalue weighted by Gasteiger charge is -2.39. The summed E-state index contributed by atoms with van der Waals surface area (Å²) in [7, 11) is 1.21. The minimum Gasteiger partial charge on any atom is -0.453 e. The Balaban J connectivity index is 1.73. The number of carbonyl (C=O) groups is 1. The number of amides is 1. The van der Waals surface area contributed by atoms with Gasteiger partial charge in [0.1, 0.15) is 6.10 Å². The number of carbonyl (C=O) groups excluding carboxylic acids is 1. The number of methoxy groups -OCH3 is 1. The molecule has 29 heavy (non-hydrogen) atoms. The van der Waals surface area contributed by atoms with E-state index in [-0.39, 0.29) is 13.2 Å². The molecule has 4 atom stereocenters. The molecular weight excluding hydrogens is 380 g/mol. The second-order valence-electron chi connectivity index (χ2n) is 7.93. The summed E-state index contributed by atoms with van der Waals surface area (Å²) in [5.41, 5.74) is 1.73. The maximum Gasteiger partial charge on any atom is 0.409 e. The number of rotatable bonds is 2. The molecule has 1 amide bonds. The molecule has 7 heteroatoms. The van der Waals surface area contributed by atoms with E-state index in [1.807, 2.05) is 48.5 Å². The van der Waals surface area contributed by atoms with Crippen molar-refractivity contribution in [3.8, 4) is 11.1 Å². The first-order valence-corrected chi connectivity index (χ1v) is 9.61. The lowest BCUT2D eigenvalue weighted by atomic mass is 9.67. The van der Waals surface area contributed by atoms with Gasteiger partial charge in [-0.05, 0) is 22.3 Å². The van der Waals surface area contributed by atoms with E-state index in [1.54, 1.807) is 0 Å². The van der Waals surface area contributed by atoms with Crippen LogP contribution >= 0.6 is 0 Å². The smallest absolute Gasteiger partial charge is 0.409 e. The second kappa shape index (κ2) is 6.50. The summed E-state index contributed by atoms with van der Waals surface area (Å²) in [5.74, 6) is -0.664. The van der Waals surface area contributed by atoms with Crippen molar-refractivity contribution >= 4 is 6.09 Å². The van der Waals surface area contributed by atoms with Crippen LogP contribution in [0, 0.1) is 5.41 Å². The zero-order valence-corrected chi connectivity index (χ0v) is 15.8. The van der Waals surface area contributed by atoms with Gasteiger partial charge in [-0.3, -0.25) is 4.90 Å². The van der Waals surface area contributed by atoms with Crippen LogP contribution in [0.15, 0.2) is 48.5 Å². The Morgan fingerprint density at radius 3 is 2.31 bits per heavy atom. The predicted molar refractivity (Wildman–Crippen MR) is 101 cm³/mol. The molecule has 2 aromatic rings. The SMILES string of the molecule is COC(=O)N1C[C@@](C(F)F)(C2c3ccccc3-c3ccccc32)[C@H]2OC[C@H](O)[C@H]21. The third-order valence-corrected chi connectivity index (χ3v) is 6.67. The summed E-state index contributed by atoms with van der Waals surface area (Å²) in [4.78, 5) is 13.6. The molecule has 2 saturated heterocycles. The van der Waals surface area contributed by atoms with Gasteiger partial charge in [0.25, 0.3) is 0 Å². The molecule has 5 rings (SSSR count). The highest BCUT2D eigenvalue weighted by molar-refractivity contribution is 5.80. The molecule has 0 aromatic heterocycles. The highest BCUT2D eigenvalue weighted by Crippen LogP contribution is 2.61. The van der Waals surface area contributed by atoms with Gasteiger partial charge in [-0.1, -0.05) is 48.5 Å². The van der Waals surface area contributed by atoms with Gasteiger partial charge in [0, 0.05) is 12.5 Å². The van der Waals surface area contributed by atoms with E-state index in [2.05, 4.69) is 0 Å². The molecule has 0 radical (unpaired) electrons. The van der Waals surface area contributed by atoms with Crippen LogP contribution in [0.5, 0.6) is 0 Å². The summed E-state index contributed by atoms with van der Waals surface area (Å²) in [5, 5.41) is 10.4. The van der Waals surface area contributed by atoms with Gasteiger partial charge in [-0.15, -0.1) is 0 Å². The third kappa shape index (κ3) is 2.34. The van der Waals surface area contributed by atoms with Crippen LogP contribution in [0.1, 0.15) is 17.0 Å². The van der Waals surface area contributed by atoms with E-state index < -0.39 is 42.1 Å². The number of hydrogen-bond acceptors (Lipinski definition) is 4. The zero-order valence-electron chi connectivity index (χ0n) is 15.8. The molecule has 0 bridgehead atoms. The highest BCUT2D eigenvalue weighted by atomic mass is 19.3. The van der Waals surface area contributed by atoms with Crippen molar-refractivity contribution in [3.63, 3.8) is 0 Å². The first-order chi connectivity index (χ1) is 14.0. The third-order valence-electron chi connectivity index (χ3n) is 6.67. The van der Waals surface area contributed by atoms with E-state index in [1.165, 1.54) is 12.0 Å². The summed E-state index contributed by atoms with van der Waals surface area (Å²) >= 11 is 0. The molecule has 152 valence electrons. The van der Waals surface area contributed by atoms with Crippen molar-refractivity contribution < 1.29 is 28.2 Å². The minimum atomic E-state index is -2.78. The Morgan fingerprint density at radius 2 is 1.76 bits per heavy atom. The van der Waals surface area contributed by atoms with Crippen molar-refractivity contribution in [2.24, 2.45) is 5.41 Å². The fourth-order valence-corrected chi connectivity index (χ4v) is 5.55. The van der Waals surface area contributed by atoms with Gasteiger partial charge < -0.3 is 14.6 Å². The molecule has 2 aliphatic heterocycles. The molecule has 2 fully saturated rings. The van der Waals surface area contributed by atoms with Crippen LogP contribution in [-0.2, 0) is 9.47 Å². The molecule has 2 aromatic carbocycles. The van der Waals surface area contributed by atoms with Crippen molar-refractivity contribution in [3.05, 3.63) is 59.7 Å². The maximum absolute atomic E-state index is 15.0. The lowest BCUT2D eigenvalue weighted by Crippen LogP contribution is -2.47. The molecule has 0 unspecified atom stereocenters. The Labute approximate surface area is 166 Å². The van der Waals surface area contributed by atoms with E-state index in [0.717, 1.165) is 22.3 Å². The summed E-state index contributed by atoms with van der Waals surface area (Å²) in [6.45, 7) is -0.343. The topological polar surface area (TPSA) is 59.0 Å². The monoisotopic (exact) mass is 401 g/mol. The number of hydrogen-bond donors (Lipinski definition) is 1. The molecule has 2 heterocycles. The van der Waals surface area contributed by atoms with E-state index in [4.69, 9.17) is 9.47 Å². The van der Waals surface area contributed by atoms with Crippen LogP contribution in [0.2, 0.25) is 0 Å². The van der Waals surface area contributed by atoms with Gasteiger partial charge in [-0.2, -0.15) is 0 Å². The Morgan fingerprint density at radius 1 is 1.17 bits per heavy atom.